The molecule has 7 nitrogen and oxygen atoms in total. The normalized spacial score (nSPS) is 12.8. The largest absolute Gasteiger partial charge is 0.495 e. The molecule has 0 aliphatic rings. The maximum absolute atomic E-state index is 12.4. The van der Waals surface area contributed by atoms with E-state index in [9.17, 15) is 9.90 Å². The Morgan fingerprint density at radius 3 is 2.35 bits per heavy atom. The van der Waals surface area contributed by atoms with Crippen LogP contribution in [-0.2, 0) is 17.8 Å². The molecule has 3 aromatic carbocycles. The average molecular weight is 680 g/mol. The van der Waals surface area contributed by atoms with Gasteiger partial charge in [0.05, 0.1) is 34.6 Å². The molecule has 1 atom stereocenters. The molecule has 48 heavy (non-hydrogen) atoms. The van der Waals surface area contributed by atoms with Gasteiger partial charge in [-0.3, -0.25) is 9.78 Å². The van der Waals surface area contributed by atoms with E-state index >= 15 is 0 Å². The van der Waals surface area contributed by atoms with Crippen LogP contribution in [0.25, 0.3) is 32.4 Å². The number of carboxylic acids is 1. The van der Waals surface area contributed by atoms with Crippen molar-refractivity contribution >= 4 is 50.2 Å². The Hall–Kier alpha value is -4.34. The zero-order valence-corrected chi connectivity index (χ0v) is 30.0. The second kappa shape index (κ2) is 13.3. The van der Waals surface area contributed by atoms with Crippen LogP contribution in [0.3, 0.4) is 0 Å². The van der Waals surface area contributed by atoms with Crippen molar-refractivity contribution in [3.8, 4) is 22.8 Å². The quantitative estimate of drug-likeness (QED) is 0.136. The Morgan fingerprint density at radius 1 is 0.979 bits per heavy atom. The van der Waals surface area contributed by atoms with E-state index in [1.165, 1.54) is 0 Å². The minimum Gasteiger partial charge on any atom is -0.495 e. The molecule has 6 rings (SSSR count). The molecule has 248 valence electrons. The fraction of sp³-hybridized carbons (Fsp3) is 0.308. The summed E-state index contributed by atoms with van der Waals surface area (Å²) < 4.78 is 15.1. The number of aromatic nitrogens is 3. The number of hydrogen-bond donors (Lipinski definition) is 1. The molecule has 0 amide bonds. The van der Waals surface area contributed by atoms with Gasteiger partial charge in [0.2, 0.25) is 0 Å². The number of carbonyl (C=O) groups is 1. The zero-order chi connectivity index (χ0) is 34.2. The number of fused-ring (bicyclic) bond motifs is 2. The average Bonchev–Trinajstić information content (AvgIpc) is 3.60. The number of carboxylic acid groups (broad SMARTS) is 1. The fourth-order valence-corrected chi connectivity index (χ4v) is 7.79. The lowest BCUT2D eigenvalue weighted by atomic mass is 9.88. The standard InChI is InChI=1S/C39H41N3O4S2/c1-24(36-41-31-10-8-9-11-34(31)47-36)46-27-17-19-32-29(20-27)35(48-38(2,3)4)33(21-39(5,6)37(43)44)42(32)23-25-12-14-26(15-13-25)30-18-16-28(45-7)22-40-30/h8-20,22,24H,21,23H2,1-7H3,(H,43,44). The van der Waals surface area contributed by atoms with Crippen molar-refractivity contribution in [1.29, 1.82) is 0 Å². The van der Waals surface area contributed by atoms with E-state index in [0.29, 0.717) is 13.0 Å². The van der Waals surface area contributed by atoms with E-state index in [0.717, 1.165) is 65.0 Å². The van der Waals surface area contributed by atoms with Gasteiger partial charge in [0.1, 0.15) is 22.6 Å². The summed E-state index contributed by atoms with van der Waals surface area (Å²) in [5, 5.41) is 12.2. The molecule has 0 aliphatic carbocycles. The lowest BCUT2D eigenvalue weighted by molar-refractivity contribution is -0.146. The van der Waals surface area contributed by atoms with Crippen LogP contribution in [0.5, 0.6) is 11.5 Å². The molecule has 1 unspecified atom stereocenters. The minimum atomic E-state index is -0.968. The van der Waals surface area contributed by atoms with Crippen molar-refractivity contribution in [2.45, 2.75) is 70.3 Å². The van der Waals surface area contributed by atoms with E-state index in [1.807, 2.05) is 43.3 Å². The van der Waals surface area contributed by atoms with E-state index in [2.05, 4.69) is 72.8 Å². The second-order valence-electron chi connectivity index (χ2n) is 13.7. The molecular formula is C39H41N3O4S2. The number of nitrogens with zero attached hydrogens (tertiary/aromatic N) is 3. The van der Waals surface area contributed by atoms with Gasteiger partial charge in [-0.1, -0.05) is 57.2 Å². The number of aliphatic carboxylic acids is 1. The number of ether oxygens (including phenoxy) is 2. The molecule has 6 aromatic rings. The first-order valence-corrected chi connectivity index (χ1v) is 17.6. The number of methoxy groups -OCH3 is 1. The first-order valence-electron chi connectivity index (χ1n) is 16.0. The van der Waals surface area contributed by atoms with Crippen LogP contribution in [-0.4, -0.2) is 37.5 Å². The van der Waals surface area contributed by atoms with Crippen molar-refractivity contribution in [1.82, 2.24) is 14.5 Å². The van der Waals surface area contributed by atoms with Gasteiger partial charge < -0.3 is 19.1 Å². The Labute approximate surface area is 290 Å². The Morgan fingerprint density at radius 2 is 1.71 bits per heavy atom. The van der Waals surface area contributed by atoms with Crippen LogP contribution in [0.15, 0.2) is 90.0 Å². The summed E-state index contributed by atoms with van der Waals surface area (Å²) in [4.78, 5) is 22.9. The maximum Gasteiger partial charge on any atom is 0.309 e. The van der Waals surface area contributed by atoms with Crippen molar-refractivity contribution in [3.63, 3.8) is 0 Å². The van der Waals surface area contributed by atoms with E-state index < -0.39 is 11.4 Å². The molecule has 0 aliphatic heterocycles. The molecule has 9 heteroatoms. The van der Waals surface area contributed by atoms with Gasteiger partial charge in [0.25, 0.3) is 0 Å². The van der Waals surface area contributed by atoms with E-state index in [-0.39, 0.29) is 10.9 Å². The van der Waals surface area contributed by atoms with Gasteiger partial charge in [-0.25, -0.2) is 4.98 Å². The monoisotopic (exact) mass is 679 g/mol. The van der Waals surface area contributed by atoms with Gasteiger partial charge in [0.15, 0.2) is 0 Å². The summed E-state index contributed by atoms with van der Waals surface area (Å²) in [5.74, 6) is 0.647. The van der Waals surface area contributed by atoms with Crippen LogP contribution in [0.4, 0.5) is 0 Å². The van der Waals surface area contributed by atoms with E-state index in [1.54, 1.807) is 50.3 Å². The highest BCUT2D eigenvalue weighted by atomic mass is 32.2. The summed E-state index contributed by atoms with van der Waals surface area (Å²) in [6.45, 7) is 12.8. The van der Waals surface area contributed by atoms with Gasteiger partial charge >= 0.3 is 5.97 Å². The smallest absolute Gasteiger partial charge is 0.309 e. The summed E-state index contributed by atoms with van der Waals surface area (Å²) in [7, 11) is 1.63. The number of pyridine rings is 1. The lowest BCUT2D eigenvalue weighted by Gasteiger charge is -2.24. The SMILES string of the molecule is COc1ccc(-c2ccc(Cn3c(CC(C)(C)C(=O)O)c(SC(C)(C)C)c4cc(OC(C)c5nc6ccccc6s5)ccc43)cc2)nc1. The molecule has 0 radical (unpaired) electrons. The van der Waals surface area contributed by atoms with Gasteiger partial charge in [0, 0.05) is 44.8 Å². The molecule has 0 bridgehead atoms. The molecule has 3 heterocycles. The fourth-order valence-electron chi connectivity index (χ4n) is 5.65. The molecular weight excluding hydrogens is 639 g/mol. The van der Waals surface area contributed by atoms with Crippen LogP contribution < -0.4 is 9.47 Å². The Kier molecular flexibility index (Phi) is 9.29. The van der Waals surface area contributed by atoms with Gasteiger partial charge in [-0.2, -0.15) is 0 Å². The van der Waals surface area contributed by atoms with Crippen LogP contribution in [0.1, 0.15) is 63.9 Å². The number of benzene rings is 3. The highest BCUT2D eigenvalue weighted by Gasteiger charge is 2.33. The van der Waals surface area contributed by atoms with Crippen LogP contribution >= 0.6 is 23.1 Å². The molecule has 1 N–H and O–H groups in total. The number of para-hydroxylation sites is 1. The summed E-state index contributed by atoms with van der Waals surface area (Å²) in [5.41, 5.74) is 5.05. The minimum absolute atomic E-state index is 0.112. The second-order valence-corrected chi connectivity index (χ2v) is 16.6. The molecule has 0 saturated carbocycles. The molecule has 0 saturated heterocycles. The van der Waals surface area contributed by atoms with E-state index in [4.69, 9.17) is 14.5 Å². The summed E-state index contributed by atoms with van der Waals surface area (Å²) in [6.07, 6.45) is 1.86. The number of rotatable bonds is 11. The topological polar surface area (TPSA) is 86.5 Å². The molecule has 3 aromatic heterocycles. The van der Waals surface area contributed by atoms with Crippen molar-refractivity contribution in [2.24, 2.45) is 5.41 Å². The third kappa shape index (κ3) is 7.22. The maximum atomic E-state index is 12.4. The van der Waals surface area contributed by atoms with Crippen LogP contribution in [0.2, 0.25) is 0 Å². The number of thioether (sulfide) groups is 1. The number of hydrogen-bond acceptors (Lipinski definition) is 7. The van der Waals surface area contributed by atoms with Crippen molar-refractivity contribution in [2.75, 3.05) is 7.11 Å². The first kappa shape index (κ1) is 33.6. The van der Waals surface area contributed by atoms with Crippen molar-refractivity contribution < 1.29 is 19.4 Å². The summed E-state index contributed by atoms with van der Waals surface area (Å²) >= 11 is 3.42. The van der Waals surface area contributed by atoms with Crippen LogP contribution in [0, 0.1) is 5.41 Å². The van der Waals surface area contributed by atoms with Gasteiger partial charge in [-0.05, 0) is 68.8 Å². The predicted molar refractivity (Wildman–Crippen MR) is 197 cm³/mol. The highest BCUT2D eigenvalue weighted by molar-refractivity contribution is 8.00. The Bertz CT molecular complexity index is 2040. The van der Waals surface area contributed by atoms with Crippen molar-refractivity contribution in [3.05, 3.63) is 101 Å². The highest BCUT2D eigenvalue weighted by Crippen LogP contribution is 2.44. The van der Waals surface area contributed by atoms with Gasteiger partial charge in [-0.15, -0.1) is 23.1 Å². The zero-order valence-electron chi connectivity index (χ0n) is 28.4. The predicted octanol–water partition coefficient (Wildman–Crippen LogP) is 10.1. The third-order valence-electron chi connectivity index (χ3n) is 8.22. The molecule has 0 spiro atoms. The first-order chi connectivity index (χ1) is 22.8. The third-order valence-corrected chi connectivity index (χ3v) is 10.7. The number of thiazole rings is 1. The summed E-state index contributed by atoms with van der Waals surface area (Å²) in [6, 6.07) is 26.6. The molecule has 0 fully saturated rings. The lowest BCUT2D eigenvalue weighted by Crippen LogP contribution is -2.28. The Balaban J connectivity index is 1.41.